The maximum atomic E-state index is 13.5. The number of hydrogen-bond donors (Lipinski definition) is 0. The van der Waals surface area contributed by atoms with Crippen molar-refractivity contribution in [1.82, 2.24) is 14.1 Å². The smallest absolute Gasteiger partial charge is 0.261 e. The molecule has 0 unspecified atom stereocenters. The van der Waals surface area contributed by atoms with Crippen LogP contribution in [0, 0.1) is 0 Å². The van der Waals surface area contributed by atoms with E-state index in [-0.39, 0.29) is 5.56 Å². The highest BCUT2D eigenvalue weighted by molar-refractivity contribution is 5.92. The monoisotopic (exact) mass is 467 g/mol. The summed E-state index contributed by atoms with van der Waals surface area (Å²) < 4.78 is 4.03. The summed E-state index contributed by atoms with van der Waals surface area (Å²) in [5, 5.41) is 1.80. The molecule has 0 saturated carbocycles. The maximum Gasteiger partial charge on any atom is 0.261 e. The summed E-state index contributed by atoms with van der Waals surface area (Å²) in [6, 6.07) is 36.5. The van der Waals surface area contributed by atoms with Crippen LogP contribution in [0.15, 0.2) is 120 Å². The second-order valence-electron chi connectivity index (χ2n) is 8.91. The Morgan fingerprint density at radius 2 is 1.25 bits per heavy atom. The van der Waals surface area contributed by atoms with Crippen LogP contribution in [0.25, 0.3) is 34.0 Å². The standard InChI is InChI=1S/C32H25N3O/c36-32-28-16-7-9-17-29(28)33-31(35(32)22-25-13-5-2-6-14-25)20-19-26-23-34(21-24-11-3-1-4-12-24)30-18-10-8-15-27(26)30/h1-20,23H,21-22H2/b20-19-. The van der Waals surface area contributed by atoms with Gasteiger partial charge in [0.1, 0.15) is 5.82 Å². The summed E-state index contributed by atoms with van der Waals surface area (Å²) in [5.74, 6) is 0.641. The van der Waals surface area contributed by atoms with E-state index in [4.69, 9.17) is 4.98 Å². The SMILES string of the molecule is O=c1c2ccccc2nc(/C=C\c2cn(Cc3ccccc3)c3ccccc23)n1Cc1ccccc1. The van der Waals surface area contributed by atoms with Crippen molar-refractivity contribution in [3.8, 4) is 0 Å². The van der Waals surface area contributed by atoms with E-state index in [2.05, 4.69) is 65.4 Å². The van der Waals surface area contributed by atoms with E-state index >= 15 is 0 Å². The second kappa shape index (κ2) is 9.51. The number of benzene rings is 4. The average Bonchev–Trinajstić information content (AvgIpc) is 3.28. The van der Waals surface area contributed by atoms with Gasteiger partial charge in [0.25, 0.3) is 5.56 Å². The Bertz CT molecular complexity index is 1750. The van der Waals surface area contributed by atoms with Gasteiger partial charge in [-0.3, -0.25) is 9.36 Å². The minimum absolute atomic E-state index is 0.0318. The highest BCUT2D eigenvalue weighted by Gasteiger charge is 2.11. The van der Waals surface area contributed by atoms with Gasteiger partial charge < -0.3 is 4.57 Å². The molecule has 4 nitrogen and oxygen atoms in total. The van der Waals surface area contributed by atoms with Crippen LogP contribution < -0.4 is 5.56 Å². The quantitative estimate of drug-likeness (QED) is 0.276. The van der Waals surface area contributed by atoms with Crippen LogP contribution in [0.1, 0.15) is 22.5 Å². The van der Waals surface area contributed by atoms with E-state index in [1.807, 2.05) is 66.7 Å². The van der Waals surface area contributed by atoms with Crippen LogP contribution in [-0.4, -0.2) is 14.1 Å². The number of para-hydroxylation sites is 2. The number of aromatic nitrogens is 3. The lowest BCUT2D eigenvalue weighted by Crippen LogP contribution is -2.24. The second-order valence-corrected chi connectivity index (χ2v) is 8.91. The minimum atomic E-state index is -0.0318. The van der Waals surface area contributed by atoms with Gasteiger partial charge in [-0.2, -0.15) is 0 Å². The van der Waals surface area contributed by atoms with Crippen molar-refractivity contribution in [2.75, 3.05) is 0 Å². The molecule has 0 saturated heterocycles. The Hall–Kier alpha value is -4.70. The lowest BCUT2D eigenvalue weighted by atomic mass is 10.1. The van der Waals surface area contributed by atoms with Crippen LogP contribution in [0.4, 0.5) is 0 Å². The fourth-order valence-corrected chi connectivity index (χ4v) is 4.71. The lowest BCUT2D eigenvalue weighted by Gasteiger charge is -2.11. The molecule has 0 bridgehead atoms. The summed E-state index contributed by atoms with van der Waals surface area (Å²) in [4.78, 5) is 18.3. The van der Waals surface area contributed by atoms with E-state index < -0.39 is 0 Å². The number of nitrogens with zero attached hydrogens (tertiary/aromatic N) is 3. The topological polar surface area (TPSA) is 39.8 Å². The zero-order valence-electron chi connectivity index (χ0n) is 19.8. The third kappa shape index (κ3) is 4.25. The molecule has 0 aliphatic rings. The molecule has 0 aliphatic heterocycles. The molecule has 6 aromatic rings. The van der Waals surface area contributed by atoms with E-state index in [0.29, 0.717) is 23.3 Å². The molecule has 174 valence electrons. The molecule has 2 heterocycles. The van der Waals surface area contributed by atoms with Gasteiger partial charge in [-0.1, -0.05) is 91.0 Å². The van der Waals surface area contributed by atoms with Crippen molar-refractivity contribution in [3.05, 3.63) is 148 Å². The predicted molar refractivity (Wildman–Crippen MR) is 148 cm³/mol. The van der Waals surface area contributed by atoms with Gasteiger partial charge in [0.2, 0.25) is 0 Å². The highest BCUT2D eigenvalue weighted by Crippen LogP contribution is 2.24. The van der Waals surface area contributed by atoms with Crippen LogP contribution in [-0.2, 0) is 13.1 Å². The van der Waals surface area contributed by atoms with Crippen LogP contribution in [0.5, 0.6) is 0 Å². The minimum Gasteiger partial charge on any atom is -0.342 e. The van der Waals surface area contributed by atoms with Crippen molar-refractivity contribution < 1.29 is 0 Å². The van der Waals surface area contributed by atoms with Gasteiger partial charge in [-0.15, -0.1) is 0 Å². The molecule has 0 fully saturated rings. The first-order valence-electron chi connectivity index (χ1n) is 12.1. The third-order valence-electron chi connectivity index (χ3n) is 6.50. The summed E-state index contributed by atoms with van der Waals surface area (Å²) in [7, 11) is 0. The molecule has 0 aliphatic carbocycles. The van der Waals surface area contributed by atoms with Crippen LogP contribution in [0.2, 0.25) is 0 Å². The van der Waals surface area contributed by atoms with Crippen molar-refractivity contribution in [3.63, 3.8) is 0 Å². The van der Waals surface area contributed by atoms with Crippen molar-refractivity contribution in [2.45, 2.75) is 13.1 Å². The lowest BCUT2D eigenvalue weighted by molar-refractivity contribution is 0.738. The van der Waals surface area contributed by atoms with Gasteiger partial charge in [0, 0.05) is 29.2 Å². The normalized spacial score (nSPS) is 11.6. The van der Waals surface area contributed by atoms with E-state index in [9.17, 15) is 4.79 Å². The molecule has 0 spiro atoms. The molecule has 2 aromatic heterocycles. The third-order valence-corrected chi connectivity index (χ3v) is 6.50. The van der Waals surface area contributed by atoms with Gasteiger partial charge in [-0.05, 0) is 41.5 Å². The van der Waals surface area contributed by atoms with Crippen molar-refractivity contribution >= 4 is 34.0 Å². The predicted octanol–water partition coefficient (Wildman–Crippen LogP) is 6.62. The van der Waals surface area contributed by atoms with Crippen molar-refractivity contribution in [1.29, 1.82) is 0 Å². The van der Waals surface area contributed by atoms with Gasteiger partial charge in [-0.25, -0.2) is 4.98 Å². The number of rotatable bonds is 6. The first-order valence-corrected chi connectivity index (χ1v) is 12.1. The van der Waals surface area contributed by atoms with E-state index in [0.717, 1.165) is 17.7 Å². The summed E-state index contributed by atoms with van der Waals surface area (Å²) >= 11 is 0. The molecule has 0 atom stereocenters. The Labute approximate surface area is 209 Å². The van der Waals surface area contributed by atoms with Gasteiger partial charge in [0.15, 0.2) is 0 Å². The summed E-state index contributed by atoms with van der Waals surface area (Å²) in [5.41, 5.74) is 5.25. The Morgan fingerprint density at radius 1 is 0.639 bits per heavy atom. The Morgan fingerprint density at radius 3 is 2.00 bits per heavy atom. The highest BCUT2D eigenvalue weighted by atomic mass is 16.1. The molecular weight excluding hydrogens is 442 g/mol. The van der Waals surface area contributed by atoms with Crippen LogP contribution in [0.3, 0.4) is 0 Å². The largest absolute Gasteiger partial charge is 0.342 e. The maximum absolute atomic E-state index is 13.5. The molecule has 36 heavy (non-hydrogen) atoms. The molecule has 4 aromatic carbocycles. The molecule has 0 N–H and O–H groups in total. The molecule has 4 heteroatoms. The molecule has 6 rings (SSSR count). The Balaban J connectivity index is 1.45. The zero-order valence-corrected chi connectivity index (χ0v) is 19.8. The Kier molecular flexibility index (Phi) is 5.76. The average molecular weight is 468 g/mol. The number of fused-ring (bicyclic) bond motifs is 2. The first kappa shape index (κ1) is 21.8. The zero-order chi connectivity index (χ0) is 24.3. The molecule has 0 radical (unpaired) electrons. The number of hydrogen-bond acceptors (Lipinski definition) is 2. The van der Waals surface area contributed by atoms with Gasteiger partial charge >= 0.3 is 0 Å². The molecule has 0 amide bonds. The first-order chi connectivity index (χ1) is 17.8. The van der Waals surface area contributed by atoms with Crippen LogP contribution >= 0.6 is 0 Å². The summed E-state index contributed by atoms with van der Waals surface area (Å²) in [6.07, 6.45) is 6.21. The fourth-order valence-electron chi connectivity index (χ4n) is 4.71. The summed E-state index contributed by atoms with van der Waals surface area (Å²) in [6.45, 7) is 1.26. The fraction of sp³-hybridized carbons (Fsp3) is 0.0625. The van der Waals surface area contributed by atoms with E-state index in [1.54, 1.807) is 4.57 Å². The van der Waals surface area contributed by atoms with Crippen molar-refractivity contribution in [2.24, 2.45) is 0 Å². The van der Waals surface area contributed by atoms with Gasteiger partial charge in [0.05, 0.1) is 17.4 Å². The molecular formula is C32H25N3O. The van der Waals surface area contributed by atoms with E-state index in [1.165, 1.54) is 16.5 Å².